The number of hydrogen-bond acceptors (Lipinski definition) is 3. The van der Waals surface area contributed by atoms with Gasteiger partial charge in [0.25, 0.3) is 0 Å². The minimum atomic E-state index is -1.03. The van der Waals surface area contributed by atoms with Crippen LogP contribution < -0.4 is 0 Å². The summed E-state index contributed by atoms with van der Waals surface area (Å²) in [5, 5.41) is 8.85. The van der Waals surface area contributed by atoms with E-state index in [1.54, 1.807) is 20.8 Å². The van der Waals surface area contributed by atoms with Crippen molar-refractivity contribution in [2.75, 3.05) is 6.61 Å². The van der Waals surface area contributed by atoms with Crippen LogP contribution in [0.2, 0.25) is 0 Å². The van der Waals surface area contributed by atoms with E-state index >= 15 is 0 Å². The van der Waals surface area contributed by atoms with E-state index in [1.807, 2.05) is 0 Å². The van der Waals surface area contributed by atoms with Crippen molar-refractivity contribution in [1.82, 2.24) is 0 Å². The summed E-state index contributed by atoms with van der Waals surface area (Å²) >= 11 is 0. The van der Waals surface area contributed by atoms with Crippen LogP contribution in [-0.2, 0) is 14.3 Å². The predicted molar refractivity (Wildman–Crippen MR) is 61.5 cm³/mol. The molecule has 1 fully saturated rings. The quantitative estimate of drug-likeness (QED) is 0.626. The van der Waals surface area contributed by atoms with Gasteiger partial charge in [-0.2, -0.15) is 4.39 Å². The van der Waals surface area contributed by atoms with Gasteiger partial charge in [0, 0.05) is 0 Å². The molecule has 17 heavy (non-hydrogen) atoms. The molecule has 0 saturated heterocycles. The molecule has 98 valence electrons. The van der Waals surface area contributed by atoms with Crippen molar-refractivity contribution in [3.63, 3.8) is 0 Å². The smallest absolute Gasteiger partial charge is 0.366 e. The van der Waals surface area contributed by atoms with Crippen LogP contribution >= 0.6 is 12.4 Å². The Morgan fingerprint density at radius 2 is 2.00 bits per heavy atom. The fraction of sp³-hybridized carbons (Fsp3) is 0.636. The van der Waals surface area contributed by atoms with Gasteiger partial charge in [0.05, 0.1) is 12.5 Å². The number of carboxylic acid groups (broad SMARTS) is 1. The van der Waals surface area contributed by atoms with Crippen molar-refractivity contribution in [3.8, 4) is 0 Å². The van der Waals surface area contributed by atoms with Crippen molar-refractivity contribution in [3.05, 3.63) is 11.9 Å². The lowest BCUT2D eigenvalue weighted by Crippen LogP contribution is -2.05. The first-order valence-corrected chi connectivity index (χ1v) is 5.09. The molecule has 0 aromatic heterocycles. The summed E-state index contributed by atoms with van der Waals surface area (Å²) in [5.74, 6) is -4.09. The number of ether oxygens (including phenoxy) is 1. The number of aliphatic carboxylic acids is 1. The van der Waals surface area contributed by atoms with E-state index in [-0.39, 0.29) is 19.0 Å². The van der Waals surface area contributed by atoms with Crippen molar-refractivity contribution in [2.45, 2.75) is 20.8 Å². The highest BCUT2D eigenvalue weighted by Crippen LogP contribution is 2.59. The molecule has 1 N–H and O–H groups in total. The molecule has 0 bridgehead atoms. The molecule has 0 heterocycles. The minimum absolute atomic E-state index is 0. The number of allylic oxidation sites excluding steroid dienone is 1. The van der Waals surface area contributed by atoms with E-state index in [0.717, 1.165) is 6.08 Å². The zero-order valence-electron chi connectivity index (χ0n) is 9.90. The van der Waals surface area contributed by atoms with Gasteiger partial charge in [-0.1, -0.05) is 13.8 Å². The van der Waals surface area contributed by atoms with Crippen LogP contribution in [0.15, 0.2) is 11.9 Å². The second-order valence-corrected chi connectivity index (χ2v) is 4.40. The van der Waals surface area contributed by atoms with E-state index in [2.05, 4.69) is 4.74 Å². The molecule has 6 heteroatoms. The van der Waals surface area contributed by atoms with Gasteiger partial charge >= 0.3 is 11.9 Å². The van der Waals surface area contributed by atoms with Gasteiger partial charge in [-0.15, -0.1) is 12.4 Å². The van der Waals surface area contributed by atoms with Crippen molar-refractivity contribution < 1.29 is 23.8 Å². The zero-order chi connectivity index (χ0) is 12.5. The molecule has 2 atom stereocenters. The highest BCUT2D eigenvalue weighted by molar-refractivity contribution is 5.86. The number of hydrogen-bond donors (Lipinski definition) is 1. The average Bonchev–Trinajstić information content (AvgIpc) is 2.68. The van der Waals surface area contributed by atoms with E-state index in [9.17, 15) is 14.0 Å². The highest BCUT2D eigenvalue weighted by atomic mass is 35.5. The lowest BCUT2D eigenvalue weighted by Gasteiger charge is -1.99. The van der Waals surface area contributed by atoms with Gasteiger partial charge in [-0.05, 0) is 24.3 Å². The third-order valence-electron chi connectivity index (χ3n) is 2.97. The summed E-state index contributed by atoms with van der Waals surface area (Å²) in [7, 11) is 0. The van der Waals surface area contributed by atoms with Crippen molar-refractivity contribution in [1.29, 1.82) is 0 Å². The lowest BCUT2D eigenvalue weighted by atomic mass is 10.1. The molecule has 0 aliphatic heterocycles. The summed E-state index contributed by atoms with van der Waals surface area (Å²) in [5.41, 5.74) is -0.504. The van der Waals surface area contributed by atoms with E-state index in [4.69, 9.17) is 5.11 Å². The molecular weight excluding hydrogens is 251 g/mol. The molecule has 0 aromatic rings. The Bertz CT molecular complexity index is 351. The minimum Gasteiger partial charge on any atom is -0.481 e. The standard InChI is InChI=1S/C11H15FO4.ClH/c1-4-16-10(15)7(12)5-6-8(9(13)14)11(6,2)3;/h5-6,8H,4H2,1-3H3,(H,13,14);1H. The number of rotatable bonds is 4. The molecule has 0 spiro atoms. The number of carboxylic acids is 1. The summed E-state index contributed by atoms with van der Waals surface area (Å²) < 4.78 is 17.7. The maximum atomic E-state index is 13.2. The predicted octanol–water partition coefficient (Wildman–Crippen LogP) is 2.18. The van der Waals surface area contributed by atoms with Crippen molar-refractivity contribution in [2.24, 2.45) is 17.3 Å². The summed E-state index contributed by atoms with van der Waals surface area (Å²) in [6.07, 6.45) is 1.05. The van der Waals surface area contributed by atoms with Crippen LogP contribution in [0, 0.1) is 17.3 Å². The van der Waals surface area contributed by atoms with Crippen LogP contribution in [0.1, 0.15) is 20.8 Å². The first-order chi connectivity index (χ1) is 7.32. The monoisotopic (exact) mass is 266 g/mol. The second kappa shape index (κ2) is 5.49. The molecule has 4 nitrogen and oxygen atoms in total. The largest absolute Gasteiger partial charge is 0.481 e. The first kappa shape index (κ1) is 15.9. The van der Waals surface area contributed by atoms with Crippen LogP contribution in [0.25, 0.3) is 0 Å². The van der Waals surface area contributed by atoms with Gasteiger partial charge in [-0.3, -0.25) is 4.79 Å². The number of halogens is 2. The normalized spacial score (nSPS) is 25.8. The Morgan fingerprint density at radius 1 is 1.47 bits per heavy atom. The van der Waals surface area contributed by atoms with E-state index in [1.165, 1.54) is 0 Å². The number of carbonyl (C=O) groups excluding carboxylic acids is 1. The lowest BCUT2D eigenvalue weighted by molar-refractivity contribution is -0.141. The van der Waals surface area contributed by atoms with Gasteiger partial charge in [0.15, 0.2) is 0 Å². The van der Waals surface area contributed by atoms with Crippen LogP contribution in [0.5, 0.6) is 0 Å². The number of esters is 1. The Morgan fingerprint density at radius 3 is 2.35 bits per heavy atom. The molecule has 2 unspecified atom stereocenters. The van der Waals surface area contributed by atoms with Crippen LogP contribution in [0.4, 0.5) is 4.39 Å². The molecule has 1 aliphatic rings. The summed E-state index contributed by atoms with van der Waals surface area (Å²) in [4.78, 5) is 21.8. The zero-order valence-corrected chi connectivity index (χ0v) is 10.7. The molecule has 1 rings (SSSR count). The average molecular weight is 267 g/mol. The fourth-order valence-electron chi connectivity index (χ4n) is 1.89. The maximum Gasteiger partial charge on any atom is 0.366 e. The molecule has 1 saturated carbocycles. The molecular formula is C11H16ClFO4. The Hall–Kier alpha value is -1.10. The van der Waals surface area contributed by atoms with E-state index in [0.29, 0.717) is 0 Å². The third-order valence-corrected chi connectivity index (χ3v) is 2.97. The molecule has 0 amide bonds. The Labute approximate surface area is 105 Å². The first-order valence-electron chi connectivity index (χ1n) is 5.09. The Kier molecular flexibility index (Phi) is 5.13. The SMILES string of the molecule is CCOC(=O)C(F)=CC1C(C(=O)O)C1(C)C.Cl. The summed E-state index contributed by atoms with van der Waals surface area (Å²) in [6.45, 7) is 5.12. The highest BCUT2D eigenvalue weighted by Gasteiger charge is 2.61. The Balaban J connectivity index is 0.00000256. The fourth-order valence-corrected chi connectivity index (χ4v) is 1.89. The van der Waals surface area contributed by atoms with Crippen LogP contribution in [-0.4, -0.2) is 23.7 Å². The van der Waals surface area contributed by atoms with Gasteiger partial charge in [-0.25, -0.2) is 4.79 Å². The molecule has 0 radical (unpaired) electrons. The van der Waals surface area contributed by atoms with Gasteiger partial charge in [0.2, 0.25) is 5.83 Å². The van der Waals surface area contributed by atoms with Gasteiger partial charge in [0.1, 0.15) is 0 Å². The maximum absolute atomic E-state index is 13.2. The second-order valence-electron chi connectivity index (χ2n) is 4.40. The van der Waals surface area contributed by atoms with Crippen molar-refractivity contribution >= 4 is 24.3 Å². The van der Waals surface area contributed by atoms with E-state index < -0.39 is 35.0 Å². The number of carbonyl (C=O) groups is 2. The molecule has 1 aliphatic carbocycles. The summed E-state index contributed by atoms with van der Waals surface area (Å²) in [6, 6.07) is 0. The molecule has 0 aromatic carbocycles. The van der Waals surface area contributed by atoms with Gasteiger partial charge < -0.3 is 9.84 Å². The third kappa shape index (κ3) is 3.19. The van der Waals surface area contributed by atoms with Crippen LogP contribution in [0.3, 0.4) is 0 Å². The topological polar surface area (TPSA) is 63.6 Å².